The van der Waals surface area contributed by atoms with E-state index in [1.54, 1.807) is 11.7 Å². The zero-order valence-electron chi connectivity index (χ0n) is 10.7. The van der Waals surface area contributed by atoms with E-state index in [1.807, 2.05) is 0 Å². The molecule has 1 heterocycles. The molecule has 0 fully saturated rings. The molecule has 0 aliphatic rings. The van der Waals surface area contributed by atoms with Crippen LogP contribution in [0.15, 0.2) is 34.8 Å². The number of nitrogens with two attached hydrogens (primary N) is 1. The highest BCUT2D eigenvalue weighted by Gasteiger charge is 2.13. The highest BCUT2D eigenvalue weighted by atomic mass is 32.2. The minimum absolute atomic E-state index is 0.0282. The molecule has 2 aromatic rings. The molecule has 3 N–H and O–H groups in total. The molecule has 1 amide bonds. The predicted octanol–water partition coefficient (Wildman–Crippen LogP) is 1.06. The molecule has 1 aromatic carbocycles. The van der Waals surface area contributed by atoms with Crippen LogP contribution in [0.4, 0.5) is 5.69 Å². The predicted molar refractivity (Wildman–Crippen MR) is 77.2 cm³/mol. The van der Waals surface area contributed by atoms with Crippen molar-refractivity contribution in [3.8, 4) is 0 Å². The SMILES string of the molecule is CS(=O)(=O)c1cc(N)cc(C(=O)NCc2cncs2)c1. The number of anilines is 1. The largest absolute Gasteiger partial charge is 0.399 e. The number of carbonyl (C=O) groups excluding carboxylic acids is 1. The van der Waals surface area contributed by atoms with Crippen molar-refractivity contribution in [3.63, 3.8) is 0 Å². The fraction of sp³-hybridized carbons (Fsp3) is 0.167. The molecular formula is C12H13N3O3S2. The number of rotatable bonds is 4. The van der Waals surface area contributed by atoms with Gasteiger partial charge in [-0.05, 0) is 18.2 Å². The summed E-state index contributed by atoms with van der Waals surface area (Å²) in [5.74, 6) is -0.379. The molecule has 2 rings (SSSR count). The third kappa shape index (κ3) is 3.55. The van der Waals surface area contributed by atoms with E-state index in [0.29, 0.717) is 6.54 Å². The Balaban J connectivity index is 2.19. The van der Waals surface area contributed by atoms with Gasteiger partial charge in [0.1, 0.15) is 0 Å². The Labute approximate surface area is 120 Å². The summed E-state index contributed by atoms with van der Waals surface area (Å²) in [4.78, 5) is 16.8. The fourth-order valence-electron chi connectivity index (χ4n) is 1.57. The first kappa shape index (κ1) is 14.5. The van der Waals surface area contributed by atoms with Crippen molar-refractivity contribution in [1.82, 2.24) is 10.3 Å². The monoisotopic (exact) mass is 311 g/mol. The fourth-order valence-corrected chi connectivity index (χ4v) is 2.79. The summed E-state index contributed by atoms with van der Waals surface area (Å²) in [7, 11) is -3.41. The number of sulfone groups is 1. The second kappa shape index (κ2) is 5.59. The van der Waals surface area contributed by atoms with Gasteiger partial charge in [-0.25, -0.2) is 8.42 Å². The normalized spacial score (nSPS) is 11.2. The Morgan fingerprint density at radius 3 is 2.75 bits per heavy atom. The number of carbonyl (C=O) groups is 1. The van der Waals surface area contributed by atoms with Crippen LogP contribution < -0.4 is 11.1 Å². The molecule has 0 spiro atoms. The second-order valence-electron chi connectivity index (χ2n) is 4.21. The maximum atomic E-state index is 12.0. The summed E-state index contributed by atoms with van der Waals surface area (Å²) in [5, 5.41) is 2.69. The molecule has 0 atom stereocenters. The first-order valence-electron chi connectivity index (χ1n) is 5.62. The number of hydrogen-bond acceptors (Lipinski definition) is 6. The van der Waals surface area contributed by atoms with E-state index in [1.165, 1.54) is 29.5 Å². The Morgan fingerprint density at radius 2 is 2.15 bits per heavy atom. The zero-order chi connectivity index (χ0) is 14.8. The van der Waals surface area contributed by atoms with Crippen molar-refractivity contribution in [3.05, 3.63) is 40.3 Å². The highest BCUT2D eigenvalue weighted by Crippen LogP contribution is 2.17. The Bertz CT molecular complexity index is 724. The van der Waals surface area contributed by atoms with Crippen molar-refractivity contribution < 1.29 is 13.2 Å². The first-order chi connectivity index (χ1) is 9.36. The van der Waals surface area contributed by atoms with Gasteiger partial charge in [-0.15, -0.1) is 11.3 Å². The topological polar surface area (TPSA) is 102 Å². The molecular weight excluding hydrogens is 298 g/mol. The summed E-state index contributed by atoms with van der Waals surface area (Å²) < 4.78 is 23.0. The van der Waals surface area contributed by atoms with Crippen LogP contribution in [0, 0.1) is 0 Å². The molecule has 106 valence electrons. The summed E-state index contributed by atoms with van der Waals surface area (Å²) in [5.41, 5.74) is 7.75. The minimum atomic E-state index is -3.41. The molecule has 20 heavy (non-hydrogen) atoms. The number of thiazole rings is 1. The van der Waals surface area contributed by atoms with Gasteiger partial charge in [0.05, 0.1) is 17.0 Å². The summed E-state index contributed by atoms with van der Waals surface area (Å²) in [6.45, 7) is 0.340. The summed E-state index contributed by atoms with van der Waals surface area (Å²) >= 11 is 1.42. The average Bonchev–Trinajstić information content (AvgIpc) is 2.87. The average molecular weight is 311 g/mol. The Hall–Kier alpha value is -1.93. The van der Waals surface area contributed by atoms with E-state index in [-0.39, 0.29) is 22.1 Å². The number of amides is 1. The van der Waals surface area contributed by atoms with E-state index in [2.05, 4.69) is 10.3 Å². The van der Waals surface area contributed by atoms with E-state index in [0.717, 1.165) is 11.1 Å². The first-order valence-corrected chi connectivity index (χ1v) is 8.39. The molecule has 0 aliphatic heterocycles. The van der Waals surface area contributed by atoms with E-state index >= 15 is 0 Å². The molecule has 0 saturated carbocycles. The maximum Gasteiger partial charge on any atom is 0.251 e. The van der Waals surface area contributed by atoms with Crippen LogP contribution in [0.3, 0.4) is 0 Å². The second-order valence-corrected chi connectivity index (χ2v) is 7.20. The smallest absolute Gasteiger partial charge is 0.251 e. The lowest BCUT2D eigenvalue weighted by Crippen LogP contribution is -2.22. The standard InChI is InChI=1S/C12H13N3O3S2/c1-20(17,18)11-3-8(2-9(13)4-11)12(16)15-6-10-5-14-7-19-10/h2-5,7H,6,13H2,1H3,(H,15,16). The highest BCUT2D eigenvalue weighted by molar-refractivity contribution is 7.90. The van der Waals surface area contributed by atoms with Crippen molar-refractivity contribution >= 4 is 32.8 Å². The van der Waals surface area contributed by atoms with E-state index in [4.69, 9.17) is 5.73 Å². The molecule has 0 saturated heterocycles. The zero-order valence-corrected chi connectivity index (χ0v) is 12.3. The molecule has 0 unspecified atom stereocenters. The number of nitrogens with one attached hydrogen (secondary N) is 1. The summed E-state index contributed by atoms with van der Waals surface area (Å²) in [6, 6.07) is 4.08. The van der Waals surface area contributed by atoms with Crippen LogP contribution in [-0.2, 0) is 16.4 Å². The Morgan fingerprint density at radius 1 is 1.40 bits per heavy atom. The van der Waals surface area contributed by atoms with Gasteiger partial charge in [-0.2, -0.15) is 0 Å². The number of benzene rings is 1. The van der Waals surface area contributed by atoms with Crippen molar-refractivity contribution in [2.75, 3.05) is 12.0 Å². The number of nitrogen functional groups attached to an aromatic ring is 1. The van der Waals surface area contributed by atoms with Crippen molar-refractivity contribution in [1.29, 1.82) is 0 Å². The van der Waals surface area contributed by atoms with Gasteiger partial charge < -0.3 is 11.1 Å². The Kier molecular flexibility index (Phi) is 4.05. The molecule has 0 aliphatic carbocycles. The number of aromatic nitrogens is 1. The van der Waals surface area contributed by atoms with Gasteiger partial charge in [0.25, 0.3) is 5.91 Å². The third-order valence-electron chi connectivity index (χ3n) is 2.53. The van der Waals surface area contributed by atoms with Crippen molar-refractivity contribution in [2.45, 2.75) is 11.4 Å². The molecule has 6 nitrogen and oxygen atoms in total. The quantitative estimate of drug-likeness (QED) is 0.822. The van der Waals surface area contributed by atoms with Crippen LogP contribution in [-0.4, -0.2) is 25.6 Å². The van der Waals surface area contributed by atoms with Crippen LogP contribution in [0.5, 0.6) is 0 Å². The van der Waals surface area contributed by atoms with E-state index in [9.17, 15) is 13.2 Å². The van der Waals surface area contributed by atoms with Crippen molar-refractivity contribution in [2.24, 2.45) is 0 Å². The molecule has 0 bridgehead atoms. The maximum absolute atomic E-state index is 12.0. The molecule has 8 heteroatoms. The van der Waals surface area contributed by atoms with Gasteiger partial charge in [0.2, 0.25) is 0 Å². The number of nitrogens with zero attached hydrogens (tertiary/aromatic N) is 1. The minimum Gasteiger partial charge on any atom is -0.399 e. The molecule has 1 aromatic heterocycles. The van der Waals surface area contributed by atoms with Gasteiger partial charge >= 0.3 is 0 Å². The van der Waals surface area contributed by atoms with E-state index < -0.39 is 9.84 Å². The van der Waals surface area contributed by atoms with Crippen LogP contribution in [0.1, 0.15) is 15.2 Å². The van der Waals surface area contributed by atoms with Gasteiger partial charge in [0, 0.05) is 28.6 Å². The van der Waals surface area contributed by atoms with Gasteiger partial charge in [0.15, 0.2) is 9.84 Å². The lowest BCUT2D eigenvalue weighted by Gasteiger charge is -2.07. The summed E-state index contributed by atoms with van der Waals surface area (Å²) in [6.07, 6.45) is 2.73. The molecule has 0 radical (unpaired) electrons. The lowest BCUT2D eigenvalue weighted by molar-refractivity contribution is 0.0951. The van der Waals surface area contributed by atoms with Crippen LogP contribution in [0.25, 0.3) is 0 Å². The van der Waals surface area contributed by atoms with Gasteiger partial charge in [-0.3, -0.25) is 9.78 Å². The van der Waals surface area contributed by atoms with Crippen LogP contribution >= 0.6 is 11.3 Å². The van der Waals surface area contributed by atoms with Gasteiger partial charge in [-0.1, -0.05) is 0 Å². The lowest BCUT2D eigenvalue weighted by atomic mass is 10.2. The van der Waals surface area contributed by atoms with Crippen LogP contribution in [0.2, 0.25) is 0 Å². The third-order valence-corrected chi connectivity index (χ3v) is 4.40. The number of hydrogen-bond donors (Lipinski definition) is 2.